The first-order valence-corrected chi connectivity index (χ1v) is 5.08. The SMILES string of the molecule is CC(C)c1ccccc1.O=C1C=CC(=O)O1. The second kappa shape index (κ2) is 5.85. The summed E-state index contributed by atoms with van der Waals surface area (Å²) in [5.41, 5.74) is 1.41. The Hall–Kier alpha value is -1.90. The van der Waals surface area contributed by atoms with Crippen LogP contribution in [0.3, 0.4) is 0 Å². The number of esters is 2. The second-order valence-electron chi connectivity index (χ2n) is 3.64. The Balaban J connectivity index is 0.000000165. The van der Waals surface area contributed by atoms with Gasteiger partial charge in [0.05, 0.1) is 0 Å². The molecule has 0 saturated heterocycles. The van der Waals surface area contributed by atoms with Gasteiger partial charge < -0.3 is 4.74 Å². The second-order valence-corrected chi connectivity index (χ2v) is 3.64. The van der Waals surface area contributed by atoms with E-state index in [9.17, 15) is 9.59 Å². The van der Waals surface area contributed by atoms with Crippen molar-refractivity contribution in [3.8, 4) is 0 Å². The smallest absolute Gasteiger partial charge is 0.338 e. The van der Waals surface area contributed by atoms with E-state index in [1.54, 1.807) is 0 Å². The quantitative estimate of drug-likeness (QED) is 0.537. The molecule has 0 saturated carbocycles. The fourth-order valence-electron chi connectivity index (χ4n) is 1.14. The van der Waals surface area contributed by atoms with Crippen molar-refractivity contribution < 1.29 is 14.3 Å². The summed E-state index contributed by atoms with van der Waals surface area (Å²) >= 11 is 0. The average molecular weight is 218 g/mol. The first-order valence-electron chi connectivity index (χ1n) is 5.08. The standard InChI is InChI=1S/C9H12.C4H2O3/c1-8(2)9-6-4-3-5-7-9;5-3-1-2-4(6)7-3/h3-8H,1-2H3;1-2H. The van der Waals surface area contributed by atoms with Crippen molar-refractivity contribution in [2.45, 2.75) is 19.8 Å². The van der Waals surface area contributed by atoms with Crippen molar-refractivity contribution in [3.63, 3.8) is 0 Å². The van der Waals surface area contributed by atoms with Crippen molar-refractivity contribution in [1.82, 2.24) is 0 Å². The lowest BCUT2D eigenvalue weighted by atomic mass is 10.0. The van der Waals surface area contributed by atoms with Crippen LogP contribution in [0.25, 0.3) is 0 Å². The van der Waals surface area contributed by atoms with Gasteiger partial charge in [-0.3, -0.25) is 0 Å². The largest absolute Gasteiger partial charge is 0.387 e. The maximum absolute atomic E-state index is 9.92. The van der Waals surface area contributed by atoms with Crippen LogP contribution in [0, 0.1) is 0 Å². The number of carbonyl (C=O) groups excluding carboxylic acids is 2. The van der Waals surface area contributed by atoms with Gasteiger partial charge in [-0.15, -0.1) is 0 Å². The van der Waals surface area contributed by atoms with E-state index >= 15 is 0 Å². The molecule has 0 atom stereocenters. The molecule has 0 aromatic heterocycles. The lowest BCUT2D eigenvalue weighted by molar-refractivity contribution is -0.150. The van der Waals surface area contributed by atoms with Gasteiger partial charge in [0.2, 0.25) is 0 Å². The molecule has 0 fully saturated rings. The number of ether oxygens (including phenoxy) is 1. The zero-order chi connectivity index (χ0) is 12.0. The number of rotatable bonds is 1. The van der Waals surface area contributed by atoms with E-state index in [2.05, 4.69) is 42.8 Å². The molecule has 1 aromatic carbocycles. The Labute approximate surface area is 94.7 Å². The molecule has 1 aliphatic rings. The highest BCUT2D eigenvalue weighted by molar-refractivity contribution is 6.04. The molecule has 0 bridgehead atoms. The predicted molar refractivity (Wildman–Crippen MR) is 60.8 cm³/mol. The highest BCUT2D eigenvalue weighted by Crippen LogP contribution is 2.11. The van der Waals surface area contributed by atoms with Gasteiger partial charge in [-0.2, -0.15) is 0 Å². The third-order valence-electron chi connectivity index (χ3n) is 2.02. The summed E-state index contributed by atoms with van der Waals surface area (Å²) in [5.74, 6) is -0.499. The number of benzene rings is 1. The molecule has 1 heterocycles. The molecule has 0 N–H and O–H groups in total. The van der Waals surface area contributed by atoms with E-state index in [0.29, 0.717) is 5.92 Å². The van der Waals surface area contributed by atoms with Gasteiger partial charge in [-0.05, 0) is 11.5 Å². The minimum atomic E-state index is -0.579. The van der Waals surface area contributed by atoms with Crippen LogP contribution in [0.4, 0.5) is 0 Å². The highest BCUT2D eigenvalue weighted by Gasteiger charge is 2.10. The molecular weight excluding hydrogens is 204 g/mol. The minimum absolute atomic E-state index is 0.579. The highest BCUT2D eigenvalue weighted by atomic mass is 16.6. The summed E-state index contributed by atoms with van der Waals surface area (Å²) < 4.78 is 3.97. The molecule has 84 valence electrons. The molecular formula is C13H14O3. The Kier molecular flexibility index (Phi) is 4.45. The molecule has 0 unspecified atom stereocenters. The van der Waals surface area contributed by atoms with E-state index in [1.165, 1.54) is 5.56 Å². The van der Waals surface area contributed by atoms with Crippen LogP contribution in [0.15, 0.2) is 42.5 Å². The maximum atomic E-state index is 9.92. The number of carbonyl (C=O) groups is 2. The van der Waals surface area contributed by atoms with E-state index in [1.807, 2.05) is 6.07 Å². The Morgan fingerprint density at radius 1 is 0.938 bits per heavy atom. The zero-order valence-electron chi connectivity index (χ0n) is 9.34. The van der Waals surface area contributed by atoms with E-state index in [4.69, 9.17) is 0 Å². The molecule has 2 rings (SSSR count). The number of cyclic esters (lactones) is 2. The Morgan fingerprint density at radius 2 is 1.44 bits per heavy atom. The van der Waals surface area contributed by atoms with Crippen molar-refractivity contribution >= 4 is 11.9 Å². The first-order chi connectivity index (χ1) is 7.59. The van der Waals surface area contributed by atoms with E-state index < -0.39 is 11.9 Å². The van der Waals surface area contributed by atoms with Crippen LogP contribution in [-0.4, -0.2) is 11.9 Å². The van der Waals surface area contributed by atoms with Gasteiger partial charge in [0.15, 0.2) is 0 Å². The molecule has 16 heavy (non-hydrogen) atoms. The van der Waals surface area contributed by atoms with Gasteiger partial charge in [-0.25, -0.2) is 9.59 Å². The Morgan fingerprint density at radius 3 is 1.69 bits per heavy atom. The predicted octanol–water partition coefficient (Wildman–Crippen LogP) is 2.44. The zero-order valence-corrected chi connectivity index (χ0v) is 9.34. The monoisotopic (exact) mass is 218 g/mol. The average Bonchev–Trinajstić information content (AvgIpc) is 2.65. The fraction of sp³-hybridized carbons (Fsp3) is 0.231. The van der Waals surface area contributed by atoms with Crippen LogP contribution in [-0.2, 0) is 14.3 Å². The van der Waals surface area contributed by atoms with Crippen LogP contribution in [0.5, 0.6) is 0 Å². The fourth-order valence-corrected chi connectivity index (χ4v) is 1.14. The van der Waals surface area contributed by atoms with Crippen molar-refractivity contribution in [2.75, 3.05) is 0 Å². The van der Waals surface area contributed by atoms with E-state index in [0.717, 1.165) is 12.2 Å². The first kappa shape index (κ1) is 12.2. The van der Waals surface area contributed by atoms with Crippen LogP contribution in [0.2, 0.25) is 0 Å². The molecule has 0 amide bonds. The lowest BCUT2D eigenvalue weighted by Crippen LogP contribution is -1.96. The molecule has 0 spiro atoms. The number of hydrogen-bond acceptors (Lipinski definition) is 3. The van der Waals surface area contributed by atoms with Crippen molar-refractivity contribution in [2.24, 2.45) is 0 Å². The molecule has 0 aliphatic carbocycles. The molecule has 1 aromatic rings. The summed E-state index contributed by atoms with van der Waals surface area (Å²) in [6, 6.07) is 10.5. The van der Waals surface area contributed by atoms with Gasteiger partial charge in [0.25, 0.3) is 0 Å². The maximum Gasteiger partial charge on any atom is 0.338 e. The minimum Gasteiger partial charge on any atom is -0.387 e. The number of hydrogen-bond donors (Lipinski definition) is 0. The summed E-state index contributed by atoms with van der Waals surface area (Å²) in [4.78, 5) is 19.8. The molecule has 3 nitrogen and oxygen atoms in total. The summed E-state index contributed by atoms with van der Waals surface area (Å²) in [6.07, 6.45) is 2.17. The Bertz CT molecular complexity index is 375. The third-order valence-corrected chi connectivity index (χ3v) is 2.02. The molecule has 3 heteroatoms. The summed E-state index contributed by atoms with van der Waals surface area (Å²) in [6.45, 7) is 4.41. The summed E-state index contributed by atoms with van der Waals surface area (Å²) in [5, 5.41) is 0. The van der Waals surface area contributed by atoms with Gasteiger partial charge in [0.1, 0.15) is 0 Å². The third kappa shape index (κ3) is 4.09. The summed E-state index contributed by atoms with van der Waals surface area (Å²) in [7, 11) is 0. The van der Waals surface area contributed by atoms with E-state index in [-0.39, 0.29) is 0 Å². The molecule has 1 aliphatic heterocycles. The normalized spacial score (nSPS) is 13.4. The van der Waals surface area contributed by atoms with Crippen molar-refractivity contribution in [1.29, 1.82) is 0 Å². The van der Waals surface area contributed by atoms with Crippen molar-refractivity contribution in [3.05, 3.63) is 48.0 Å². The topological polar surface area (TPSA) is 43.4 Å². The lowest BCUT2D eigenvalue weighted by Gasteiger charge is -2.01. The van der Waals surface area contributed by atoms with Gasteiger partial charge in [-0.1, -0.05) is 44.2 Å². The van der Waals surface area contributed by atoms with Crippen LogP contribution in [0.1, 0.15) is 25.3 Å². The van der Waals surface area contributed by atoms with Crippen LogP contribution < -0.4 is 0 Å². The van der Waals surface area contributed by atoms with Gasteiger partial charge in [0, 0.05) is 12.2 Å². The van der Waals surface area contributed by atoms with Crippen LogP contribution >= 0.6 is 0 Å². The molecule has 0 radical (unpaired) electrons. The van der Waals surface area contributed by atoms with Gasteiger partial charge >= 0.3 is 11.9 Å².